The summed E-state index contributed by atoms with van der Waals surface area (Å²) >= 11 is 0. The third-order valence-corrected chi connectivity index (χ3v) is 1.99. The number of nitrogens with zero attached hydrogens (tertiary/aromatic N) is 4. The molecule has 0 saturated heterocycles. The smallest absolute Gasteiger partial charge is 0.109 e. The highest BCUT2D eigenvalue weighted by atomic mass is 15.3. The molecule has 2 aromatic rings. The van der Waals surface area contributed by atoms with Gasteiger partial charge in [0.15, 0.2) is 0 Å². The van der Waals surface area contributed by atoms with Gasteiger partial charge in [0, 0.05) is 31.0 Å². The monoisotopic (exact) mass is 216 g/mol. The molecule has 0 atom stereocenters. The Morgan fingerprint density at radius 1 is 1.19 bits per heavy atom. The van der Waals surface area contributed by atoms with Crippen molar-refractivity contribution in [1.82, 2.24) is 19.3 Å². The van der Waals surface area contributed by atoms with Gasteiger partial charge in [-0.25, -0.2) is 9.67 Å². The van der Waals surface area contributed by atoms with Crippen molar-refractivity contribution in [3.8, 4) is 0 Å². The van der Waals surface area contributed by atoms with Crippen LogP contribution in [0.2, 0.25) is 0 Å². The van der Waals surface area contributed by atoms with E-state index in [1.807, 2.05) is 36.9 Å². The Bertz CT molecular complexity index is 465. The van der Waals surface area contributed by atoms with Crippen LogP contribution in [0, 0.1) is 13.8 Å². The van der Waals surface area contributed by atoms with Crippen LogP contribution in [0.25, 0.3) is 12.4 Å². The third-order valence-electron chi connectivity index (χ3n) is 1.99. The van der Waals surface area contributed by atoms with E-state index in [1.54, 1.807) is 23.3 Å². The Kier molecular flexibility index (Phi) is 4.27. The average Bonchev–Trinajstić information content (AvgIpc) is 2.87. The maximum absolute atomic E-state index is 4.03. The highest BCUT2D eigenvalue weighted by Crippen LogP contribution is 1.92. The Labute approximate surface area is 95.6 Å². The van der Waals surface area contributed by atoms with E-state index in [2.05, 4.69) is 23.2 Å². The summed E-state index contributed by atoms with van der Waals surface area (Å²) in [5, 5.41) is 4.03. The SMILES string of the molecule is C=Cn1ccc(C)n1.C=Cn1ccnc1C. The van der Waals surface area contributed by atoms with Crippen molar-refractivity contribution in [2.24, 2.45) is 0 Å². The summed E-state index contributed by atoms with van der Waals surface area (Å²) in [5.74, 6) is 0.972. The largest absolute Gasteiger partial charge is 0.311 e. The van der Waals surface area contributed by atoms with E-state index in [1.165, 1.54) is 0 Å². The summed E-state index contributed by atoms with van der Waals surface area (Å²) in [6.45, 7) is 11.0. The first-order valence-electron chi connectivity index (χ1n) is 4.93. The molecular weight excluding hydrogens is 200 g/mol. The molecule has 0 aliphatic carbocycles. The summed E-state index contributed by atoms with van der Waals surface area (Å²) in [7, 11) is 0. The topological polar surface area (TPSA) is 35.6 Å². The molecule has 0 N–H and O–H groups in total. The molecule has 0 saturated carbocycles. The molecule has 0 aromatic carbocycles. The zero-order valence-corrected chi connectivity index (χ0v) is 9.67. The zero-order valence-electron chi connectivity index (χ0n) is 9.67. The highest BCUT2D eigenvalue weighted by Gasteiger charge is 1.86. The number of imidazole rings is 1. The van der Waals surface area contributed by atoms with Crippen LogP contribution in [0.1, 0.15) is 11.5 Å². The minimum Gasteiger partial charge on any atom is -0.311 e. The van der Waals surface area contributed by atoms with Crippen molar-refractivity contribution in [2.75, 3.05) is 0 Å². The lowest BCUT2D eigenvalue weighted by Crippen LogP contribution is -1.84. The lowest BCUT2D eigenvalue weighted by atomic mass is 10.5. The normalized spacial score (nSPS) is 9.12. The molecule has 0 aliphatic rings. The van der Waals surface area contributed by atoms with Crippen molar-refractivity contribution in [3.05, 3.63) is 49.3 Å². The number of aryl methyl sites for hydroxylation is 2. The Morgan fingerprint density at radius 2 is 1.94 bits per heavy atom. The number of rotatable bonds is 2. The molecule has 84 valence electrons. The van der Waals surface area contributed by atoms with E-state index in [9.17, 15) is 0 Å². The van der Waals surface area contributed by atoms with Crippen molar-refractivity contribution in [2.45, 2.75) is 13.8 Å². The fourth-order valence-electron chi connectivity index (χ4n) is 1.12. The number of aromatic nitrogens is 4. The predicted octanol–water partition coefficient (Wildman–Crippen LogP) is 2.58. The fraction of sp³-hybridized carbons (Fsp3) is 0.167. The Morgan fingerprint density at radius 3 is 2.19 bits per heavy atom. The lowest BCUT2D eigenvalue weighted by Gasteiger charge is -1.90. The van der Waals surface area contributed by atoms with Crippen LogP contribution in [0.15, 0.2) is 37.8 Å². The van der Waals surface area contributed by atoms with Crippen LogP contribution in [-0.4, -0.2) is 19.3 Å². The molecule has 0 bridgehead atoms. The van der Waals surface area contributed by atoms with Gasteiger partial charge in [-0.3, -0.25) is 0 Å². The van der Waals surface area contributed by atoms with Crippen LogP contribution in [-0.2, 0) is 0 Å². The van der Waals surface area contributed by atoms with Crippen molar-refractivity contribution in [1.29, 1.82) is 0 Å². The molecule has 0 radical (unpaired) electrons. The van der Waals surface area contributed by atoms with E-state index < -0.39 is 0 Å². The van der Waals surface area contributed by atoms with E-state index >= 15 is 0 Å². The van der Waals surface area contributed by atoms with Gasteiger partial charge in [-0.05, 0) is 19.9 Å². The van der Waals surface area contributed by atoms with E-state index in [4.69, 9.17) is 0 Å². The van der Waals surface area contributed by atoms with Gasteiger partial charge in [0.05, 0.1) is 5.69 Å². The molecule has 16 heavy (non-hydrogen) atoms. The second kappa shape index (κ2) is 5.70. The summed E-state index contributed by atoms with van der Waals surface area (Å²) in [6, 6.07) is 1.93. The quantitative estimate of drug-likeness (QED) is 0.773. The van der Waals surface area contributed by atoms with Gasteiger partial charge >= 0.3 is 0 Å². The minimum absolute atomic E-state index is 0.972. The van der Waals surface area contributed by atoms with Gasteiger partial charge in [-0.15, -0.1) is 0 Å². The second-order valence-corrected chi connectivity index (χ2v) is 3.18. The van der Waals surface area contributed by atoms with Gasteiger partial charge in [0.25, 0.3) is 0 Å². The zero-order chi connectivity index (χ0) is 12.0. The number of hydrogen-bond acceptors (Lipinski definition) is 2. The molecule has 0 aliphatic heterocycles. The molecule has 4 nitrogen and oxygen atoms in total. The van der Waals surface area contributed by atoms with E-state index in [0.29, 0.717) is 0 Å². The first-order valence-corrected chi connectivity index (χ1v) is 4.93. The maximum Gasteiger partial charge on any atom is 0.109 e. The van der Waals surface area contributed by atoms with Crippen LogP contribution >= 0.6 is 0 Å². The van der Waals surface area contributed by atoms with Crippen LogP contribution in [0.3, 0.4) is 0 Å². The first-order chi connectivity index (χ1) is 7.67. The summed E-state index contributed by atoms with van der Waals surface area (Å²) in [5.41, 5.74) is 1.02. The molecule has 2 rings (SSSR count). The molecule has 2 heterocycles. The minimum atomic E-state index is 0.972. The summed E-state index contributed by atoms with van der Waals surface area (Å²) in [6.07, 6.45) is 8.86. The van der Waals surface area contributed by atoms with E-state index in [-0.39, 0.29) is 0 Å². The fourth-order valence-corrected chi connectivity index (χ4v) is 1.12. The Balaban J connectivity index is 0.000000160. The predicted molar refractivity (Wildman–Crippen MR) is 66.7 cm³/mol. The Hall–Kier alpha value is -2.10. The van der Waals surface area contributed by atoms with Crippen LogP contribution in [0.5, 0.6) is 0 Å². The lowest BCUT2D eigenvalue weighted by molar-refractivity contribution is 0.913. The van der Waals surface area contributed by atoms with Crippen LogP contribution in [0.4, 0.5) is 0 Å². The van der Waals surface area contributed by atoms with Gasteiger partial charge in [0.1, 0.15) is 5.82 Å². The van der Waals surface area contributed by atoms with Gasteiger partial charge in [-0.1, -0.05) is 13.2 Å². The summed E-state index contributed by atoms with van der Waals surface area (Å²) < 4.78 is 3.54. The molecule has 2 aromatic heterocycles. The van der Waals surface area contributed by atoms with E-state index in [0.717, 1.165) is 11.5 Å². The van der Waals surface area contributed by atoms with Gasteiger partial charge in [-0.2, -0.15) is 5.10 Å². The molecule has 0 unspecified atom stereocenters. The second-order valence-electron chi connectivity index (χ2n) is 3.18. The molecular formula is C12H16N4. The van der Waals surface area contributed by atoms with Crippen molar-refractivity contribution < 1.29 is 0 Å². The standard InChI is InChI=1S/2C6H8N2/c1-3-8-5-4-7-6(8)2;1-3-8-5-4-6(2)7-8/h2*3-5H,1H2,2H3. The van der Waals surface area contributed by atoms with Crippen LogP contribution < -0.4 is 0 Å². The molecule has 0 fully saturated rings. The molecule has 4 heteroatoms. The van der Waals surface area contributed by atoms with Crippen molar-refractivity contribution >= 4 is 12.4 Å². The molecule has 0 spiro atoms. The van der Waals surface area contributed by atoms with Crippen molar-refractivity contribution in [3.63, 3.8) is 0 Å². The van der Waals surface area contributed by atoms with Gasteiger partial charge < -0.3 is 4.57 Å². The highest BCUT2D eigenvalue weighted by molar-refractivity contribution is 5.18. The summed E-state index contributed by atoms with van der Waals surface area (Å²) in [4.78, 5) is 3.98. The van der Waals surface area contributed by atoms with Gasteiger partial charge in [0.2, 0.25) is 0 Å². The average molecular weight is 216 g/mol. The molecule has 0 amide bonds. The maximum atomic E-state index is 4.03. The third kappa shape index (κ3) is 3.24. The first kappa shape index (κ1) is 12.0. The number of hydrogen-bond donors (Lipinski definition) is 0.